The van der Waals surface area contributed by atoms with Crippen molar-refractivity contribution in [2.45, 2.75) is 45.6 Å². The normalized spacial score (nSPS) is 11.9. The molecule has 5 nitrogen and oxygen atoms in total. The lowest BCUT2D eigenvalue weighted by atomic mass is 10.1. The van der Waals surface area contributed by atoms with Gasteiger partial charge in [0.2, 0.25) is 0 Å². The third kappa shape index (κ3) is 4.49. The van der Waals surface area contributed by atoms with Crippen LogP contribution in [-0.2, 0) is 0 Å². The van der Waals surface area contributed by atoms with E-state index in [1.807, 2.05) is 6.92 Å². The SMILES string of the molecule is CCCCCC(C)NC(=O)c1cccc([N+](=O)[O-])c1Cl. The minimum absolute atomic E-state index is 0.0179. The fraction of sp³-hybridized carbons (Fsp3) is 0.500. The molecule has 0 aromatic heterocycles. The summed E-state index contributed by atoms with van der Waals surface area (Å²) in [6, 6.07) is 4.25. The van der Waals surface area contributed by atoms with Crippen molar-refractivity contribution in [3.8, 4) is 0 Å². The van der Waals surface area contributed by atoms with Gasteiger partial charge in [0.15, 0.2) is 0 Å². The molecular weight excluding hydrogens is 280 g/mol. The van der Waals surface area contributed by atoms with Crippen molar-refractivity contribution < 1.29 is 9.72 Å². The minimum atomic E-state index is -0.593. The number of halogens is 1. The molecule has 0 bridgehead atoms. The highest BCUT2D eigenvalue weighted by atomic mass is 35.5. The number of hydrogen-bond donors (Lipinski definition) is 1. The Kier molecular flexibility index (Phi) is 6.45. The largest absolute Gasteiger partial charge is 0.350 e. The summed E-state index contributed by atoms with van der Waals surface area (Å²) in [4.78, 5) is 22.3. The first-order valence-corrected chi connectivity index (χ1v) is 7.09. The Labute approximate surface area is 123 Å². The molecule has 6 heteroatoms. The number of nitrogens with one attached hydrogen (secondary N) is 1. The topological polar surface area (TPSA) is 72.2 Å². The number of benzene rings is 1. The number of nitro groups is 1. The van der Waals surface area contributed by atoms with E-state index in [4.69, 9.17) is 11.6 Å². The summed E-state index contributed by atoms with van der Waals surface area (Å²) < 4.78 is 0. The summed E-state index contributed by atoms with van der Waals surface area (Å²) in [5, 5.41) is 13.5. The first-order valence-electron chi connectivity index (χ1n) is 6.71. The van der Waals surface area contributed by atoms with Gasteiger partial charge in [-0.25, -0.2) is 0 Å². The maximum absolute atomic E-state index is 12.1. The van der Waals surface area contributed by atoms with E-state index in [1.165, 1.54) is 18.2 Å². The molecule has 1 N–H and O–H groups in total. The first-order chi connectivity index (χ1) is 9.47. The summed E-state index contributed by atoms with van der Waals surface area (Å²) in [5.41, 5.74) is -0.110. The summed E-state index contributed by atoms with van der Waals surface area (Å²) in [6.45, 7) is 4.03. The van der Waals surface area contributed by atoms with Gasteiger partial charge in [-0.3, -0.25) is 14.9 Å². The molecule has 1 atom stereocenters. The monoisotopic (exact) mass is 298 g/mol. The molecule has 0 spiro atoms. The van der Waals surface area contributed by atoms with E-state index < -0.39 is 4.92 Å². The zero-order valence-corrected chi connectivity index (χ0v) is 12.4. The van der Waals surface area contributed by atoms with Crippen LogP contribution < -0.4 is 5.32 Å². The summed E-state index contributed by atoms with van der Waals surface area (Å²) >= 11 is 5.91. The highest BCUT2D eigenvalue weighted by Gasteiger charge is 2.20. The van der Waals surface area contributed by atoms with Gasteiger partial charge < -0.3 is 5.32 Å². The molecule has 0 heterocycles. The molecule has 0 saturated heterocycles. The highest BCUT2D eigenvalue weighted by molar-refractivity contribution is 6.35. The van der Waals surface area contributed by atoms with Gasteiger partial charge in [-0.05, 0) is 19.4 Å². The van der Waals surface area contributed by atoms with Crippen LogP contribution in [-0.4, -0.2) is 16.9 Å². The molecule has 0 aliphatic heterocycles. The number of rotatable bonds is 7. The smallest absolute Gasteiger partial charge is 0.288 e. The maximum Gasteiger partial charge on any atom is 0.288 e. The standard InChI is InChI=1S/C14H19ClN2O3/c1-3-4-5-7-10(2)16-14(18)11-8-6-9-12(13(11)15)17(19)20/h6,8-10H,3-5,7H2,1-2H3,(H,16,18). The van der Waals surface area contributed by atoms with Crippen molar-refractivity contribution in [2.75, 3.05) is 0 Å². The van der Waals surface area contributed by atoms with Gasteiger partial charge in [0.1, 0.15) is 5.02 Å². The number of amides is 1. The van der Waals surface area contributed by atoms with Gasteiger partial charge in [-0.1, -0.05) is 43.9 Å². The Hall–Kier alpha value is -1.62. The van der Waals surface area contributed by atoms with Gasteiger partial charge >= 0.3 is 0 Å². The highest BCUT2D eigenvalue weighted by Crippen LogP contribution is 2.27. The van der Waals surface area contributed by atoms with Crippen molar-refractivity contribution in [3.63, 3.8) is 0 Å². The van der Waals surface area contributed by atoms with Gasteiger partial charge in [-0.15, -0.1) is 0 Å². The fourth-order valence-electron chi connectivity index (χ4n) is 1.91. The molecule has 1 aromatic rings. The Morgan fingerprint density at radius 2 is 2.15 bits per heavy atom. The quantitative estimate of drug-likeness (QED) is 0.470. The second-order valence-electron chi connectivity index (χ2n) is 4.77. The van der Waals surface area contributed by atoms with Gasteiger partial charge in [-0.2, -0.15) is 0 Å². The van der Waals surface area contributed by atoms with Crippen molar-refractivity contribution >= 4 is 23.2 Å². The van der Waals surface area contributed by atoms with Crippen LogP contribution in [0.25, 0.3) is 0 Å². The second kappa shape index (κ2) is 7.85. The molecular formula is C14H19ClN2O3. The van der Waals surface area contributed by atoms with Crippen LogP contribution in [0.2, 0.25) is 5.02 Å². The van der Waals surface area contributed by atoms with E-state index in [1.54, 1.807) is 0 Å². The lowest BCUT2D eigenvalue weighted by Crippen LogP contribution is -2.32. The van der Waals surface area contributed by atoms with E-state index in [9.17, 15) is 14.9 Å². The lowest BCUT2D eigenvalue weighted by molar-refractivity contribution is -0.384. The molecule has 1 rings (SSSR count). The van der Waals surface area contributed by atoms with E-state index in [0.29, 0.717) is 0 Å². The van der Waals surface area contributed by atoms with Gasteiger partial charge in [0.25, 0.3) is 11.6 Å². The van der Waals surface area contributed by atoms with Crippen LogP contribution in [0.15, 0.2) is 18.2 Å². The summed E-state index contributed by atoms with van der Waals surface area (Å²) in [6.07, 6.45) is 4.17. The third-order valence-electron chi connectivity index (χ3n) is 3.04. The average Bonchev–Trinajstić information content (AvgIpc) is 2.38. The Balaban J connectivity index is 2.73. The Bertz CT molecular complexity index is 491. The number of hydrogen-bond acceptors (Lipinski definition) is 3. The number of carbonyl (C=O) groups is 1. The zero-order chi connectivity index (χ0) is 15.1. The molecule has 20 heavy (non-hydrogen) atoms. The second-order valence-corrected chi connectivity index (χ2v) is 5.14. The third-order valence-corrected chi connectivity index (χ3v) is 3.44. The molecule has 0 saturated carbocycles. The molecule has 1 aromatic carbocycles. The Morgan fingerprint density at radius 1 is 1.45 bits per heavy atom. The molecule has 1 unspecified atom stereocenters. The fourth-order valence-corrected chi connectivity index (χ4v) is 2.19. The predicted molar refractivity (Wildman–Crippen MR) is 79.2 cm³/mol. The predicted octanol–water partition coefficient (Wildman–Crippen LogP) is 3.95. The summed E-state index contributed by atoms with van der Waals surface area (Å²) in [5.74, 6) is -0.373. The van der Waals surface area contributed by atoms with Gasteiger partial charge in [0.05, 0.1) is 10.5 Å². The maximum atomic E-state index is 12.1. The van der Waals surface area contributed by atoms with Crippen LogP contribution >= 0.6 is 11.6 Å². The van der Waals surface area contributed by atoms with Crippen molar-refractivity contribution in [1.82, 2.24) is 5.32 Å². The minimum Gasteiger partial charge on any atom is -0.350 e. The van der Waals surface area contributed by atoms with Crippen LogP contribution in [0.4, 0.5) is 5.69 Å². The first kappa shape index (κ1) is 16.4. The molecule has 1 amide bonds. The Morgan fingerprint density at radius 3 is 2.75 bits per heavy atom. The van der Waals surface area contributed by atoms with Crippen molar-refractivity contribution in [1.29, 1.82) is 0 Å². The van der Waals surface area contributed by atoms with E-state index >= 15 is 0 Å². The molecule has 0 radical (unpaired) electrons. The van der Waals surface area contributed by atoms with Crippen LogP contribution in [0.1, 0.15) is 49.9 Å². The number of unbranched alkanes of at least 4 members (excludes halogenated alkanes) is 2. The number of nitrogens with zero attached hydrogens (tertiary/aromatic N) is 1. The van der Waals surface area contributed by atoms with Crippen LogP contribution in [0.5, 0.6) is 0 Å². The molecule has 0 aliphatic rings. The molecule has 0 aliphatic carbocycles. The van der Waals surface area contributed by atoms with Crippen molar-refractivity contribution in [2.24, 2.45) is 0 Å². The lowest BCUT2D eigenvalue weighted by Gasteiger charge is -2.14. The summed E-state index contributed by atoms with van der Waals surface area (Å²) in [7, 11) is 0. The van der Waals surface area contributed by atoms with Gasteiger partial charge in [0, 0.05) is 12.1 Å². The number of nitro benzene ring substituents is 1. The van der Waals surface area contributed by atoms with Crippen LogP contribution in [0, 0.1) is 10.1 Å². The van der Waals surface area contributed by atoms with E-state index in [0.717, 1.165) is 25.7 Å². The van der Waals surface area contributed by atoms with E-state index in [-0.39, 0.29) is 28.2 Å². The van der Waals surface area contributed by atoms with Crippen LogP contribution in [0.3, 0.4) is 0 Å². The number of carbonyl (C=O) groups excluding carboxylic acids is 1. The molecule has 110 valence electrons. The average molecular weight is 299 g/mol. The molecule has 0 fully saturated rings. The van der Waals surface area contributed by atoms with E-state index in [2.05, 4.69) is 12.2 Å². The van der Waals surface area contributed by atoms with Crippen molar-refractivity contribution in [3.05, 3.63) is 38.9 Å². The zero-order valence-electron chi connectivity index (χ0n) is 11.7.